The molecule has 0 aromatic carbocycles. The lowest BCUT2D eigenvalue weighted by Crippen LogP contribution is -2.19. The van der Waals surface area contributed by atoms with E-state index in [1.54, 1.807) is 0 Å². The van der Waals surface area contributed by atoms with Gasteiger partial charge in [0, 0.05) is 0 Å². The van der Waals surface area contributed by atoms with Crippen LogP contribution in [0.2, 0.25) is 0 Å². The number of halogens is 1. The molecule has 55 valence electrons. The molecule has 1 aliphatic carbocycles. The Hall–Kier alpha value is -0.230. The molecule has 0 N–H and O–H groups in total. The summed E-state index contributed by atoms with van der Waals surface area (Å²) in [6.07, 6.45) is 6.14. The lowest BCUT2D eigenvalue weighted by molar-refractivity contribution is 0.713. The van der Waals surface area contributed by atoms with Crippen molar-refractivity contribution in [3.63, 3.8) is 0 Å². The summed E-state index contributed by atoms with van der Waals surface area (Å²) in [5, 5.41) is 0. The third-order valence-corrected chi connectivity index (χ3v) is 2.39. The van der Waals surface area contributed by atoms with Crippen molar-refractivity contribution in [3.05, 3.63) is 23.3 Å². The molecule has 1 rings (SSSR count). The van der Waals surface area contributed by atoms with E-state index in [0.717, 1.165) is 6.42 Å². The molecule has 0 fully saturated rings. The molecule has 0 bridgehead atoms. The average molecular weight is 156 g/mol. The van der Waals surface area contributed by atoms with Crippen LogP contribution in [0, 0.1) is 6.08 Å². The van der Waals surface area contributed by atoms with Crippen molar-refractivity contribution < 1.29 is 0 Å². The zero-order valence-corrected chi connectivity index (χ0v) is 7.42. The Balaban J connectivity index is 2.88. The van der Waals surface area contributed by atoms with Gasteiger partial charge >= 0.3 is 0 Å². The second kappa shape index (κ2) is 2.43. The highest BCUT2D eigenvalue weighted by Gasteiger charge is 2.24. The molecule has 1 atom stereocenters. The minimum Gasteiger partial charge on any atom is -0.114 e. The second-order valence-corrected chi connectivity index (χ2v) is 3.90. The van der Waals surface area contributed by atoms with E-state index in [9.17, 15) is 0 Å². The first-order valence-electron chi connectivity index (χ1n) is 3.47. The number of hydrogen-bond donors (Lipinski definition) is 0. The SMILES string of the molecule is CC1=[C]CC(C)(Cl)C(C)=C1. The minimum atomic E-state index is -0.181. The first kappa shape index (κ1) is 7.87. The fourth-order valence-electron chi connectivity index (χ4n) is 0.971. The summed E-state index contributed by atoms with van der Waals surface area (Å²) >= 11 is 6.14. The summed E-state index contributed by atoms with van der Waals surface area (Å²) in [7, 11) is 0. The molecule has 0 aromatic heterocycles. The van der Waals surface area contributed by atoms with Crippen molar-refractivity contribution in [1.29, 1.82) is 0 Å². The summed E-state index contributed by atoms with van der Waals surface area (Å²) in [6.45, 7) is 6.15. The average Bonchev–Trinajstić information content (AvgIpc) is 1.81. The van der Waals surface area contributed by atoms with Gasteiger partial charge in [-0.25, -0.2) is 0 Å². The van der Waals surface area contributed by atoms with Gasteiger partial charge in [0.15, 0.2) is 0 Å². The molecule has 0 amide bonds. The highest BCUT2D eigenvalue weighted by atomic mass is 35.5. The smallest absolute Gasteiger partial charge is 0.0667 e. The molecule has 0 saturated carbocycles. The molecular weight excluding hydrogens is 144 g/mol. The van der Waals surface area contributed by atoms with Gasteiger partial charge in [0.05, 0.1) is 4.87 Å². The number of allylic oxidation sites excluding steroid dienone is 4. The summed E-state index contributed by atoms with van der Waals surface area (Å²) in [4.78, 5) is -0.181. The molecule has 1 aliphatic rings. The molecule has 0 saturated heterocycles. The van der Waals surface area contributed by atoms with Gasteiger partial charge in [-0.2, -0.15) is 0 Å². The minimum absolute atomic E-state index is 0.181. The van der Waals surface area contributed by atoms with E-state index in [1.165, 1.54) is 11.1 Å². The zero-order valence-electron chi connectivity index (χ0n) is 6.66. The van der Waals surface area contributed by atoms with E-state index in [1.807, 2.05) is 6.92 Å². The molecule has 0 aliphatic heterocycles. The molecule has 0 aromatic rings. The summed E-state index contributed by atoms with van der Waals surface area (Å²) < 4.78 is 0. The Labute approximate surface area is 67.6 Å². The van der Waals surface area contributed by atoms with E-state index in [0.29, 0.717) is 0 Å². The van der Waals surface area contributed by atoms with Crippen LogP contribution in [-0.2, 0) is 0 Å². The standard InChI is InChI=1S/C9H12Cl/c1-7-4-5-9(3,10)8(2)6-7/h6H,5H2,1-3H3. The lowest BCUT2D eigenvalue weighted by Gasteiger charge is -2.24. The molecule has 1 heteroatoms. The topological polar surface area (TPSA) is 0 Å². The summed E-state index contributed by atoms with van der Waals surface area (Å²) in [5.74, 6) is 0. The van der Waals surface area contributed by atoms with E-state index in [-0.39, 0.29) is 4.87 Å². The van der Waals surface area contributed by atoms with Gasteiger partial charge in [0.2, 0.25) is 0 Å². The van der Waals surface area contributed by atoms with Crippen LogP contribution in [0.3, 0.4) is 0 Å². The molecule has 0 heterocycles. The molecular formula is C9H12Cl. The van der Waals surface area contributed by atoms with Gasteiger partial charge in [0.25, 0.3) is 0 Å². The molecule has 1 radical (unpaired) electrons. The quantitative estimate of drug-likeness (QED) is 0.472. The first-order chi connectivity index (χ1) is 4.52. The van der Waals surface area contributed by atoms with Crippen molar-refractivity contribution in [2.24, 2.45) is 0 Å². The van der Waals surface area contributed by atoms with Crippen LogP contribution < -0.4 is 0 Å². The Morgan fingerprint density at radius 1 is 1.60 bits per heavy atom. The van der Waals surface area contributed by atoms with Gasteiger partial charge in [0.1, 0.15) is 0 Å². The Kier molecular flexibility index (Phi) is 1.91. The third kappa shape index (κ3) is 1.43. The Morgan fingerprint density at radius 2 is 2.20 bits per heavy atom. The van der Waals surface area contributed by atoms with E-state index < -0.39 is 0 Å². The van der Waals surface area contributed by atoms with Gasteiger partial charge in [-0.1, -0.05) is 11.6 Å². The normalized spacial score (nSPS) is 33.2. The highest BCUT2D eigenvalue weighted by molar-refractivity contribution is 6.25. The van der Waals surface area contributed by atoms with Crippen LogP contribution in [0.5, 0.6) is 0 Å². The summed E-state index contributed by atoms with van der Waals surface area (Å²) in [6, 6.07) is 0. The van der Waals surface area contributed by atoms with Gasteiger partial charge in [-0.05, 0) is 38.8 Å². The summed E-state index contributed by atoms with van der Waals surface area (Å²) in [5.41, 5.74) is 2.45. The Morgan fingerprint density at radius 3 is 2.60 bits per heavy atom. The van der Waals surface area contributed by atoms with Gasteiger partial charge in [-0.3, -0.25) is 0 Å². The van der Waals surface area contributed by atoms with E-state index in [2.05, 4.69) is 26.0 Å². The van der Waals surface area contributed by atoms with E-state index >= 15 is 0 Å². The van der Waals surface area contributed by atoms with Crippen LogP contribution in [-0.4, -0.2) is 4.87 Å². The lowest BCUT2D eigenvalue weighted by atomic mass is 9.91. The van der Waals surface area contributed by atoms with Crippen molar-refractivity contribution in [2.75, 3.05) is 0 Å². The molecule has 1 unspecified atom stereocenters. The first-order valence-corrected chi connectivity index (χ1v) is 3.85. The van der Waals surface area contributed by atoms with E-state index in [4.69, 9.17) is 11.6 Å². The predicted octanol–water partition coefficient (Wildman–Crippen LogP) is 3.08. The zero-order chi connectivity index (χ0) is 7.78. The largest absolute Gasteiger partial charge is 0.114 e. The van der Waals surface area contributed by atoms with Crippen LogP contribution in [0.25, 0.3) is 0 Å². The van der Waals surface area contributed by atoms with Crippen LogP contribution in [0.4, 0.5) is 0 Å². The predicted molar refractivity (Wildman–Crippen MR) is 45.1 cm³/mol. The number of alkyl halides is 1. The van der Waals surface area contributed by atoms with Crippen molar-refractivity contribution in [1.82, 2.24) is 0 Å². The second-order valence-electron chi connectivity index (χ2n) is 3.06. The van der Waals surface area contributed by atoms with Crippen LogP contribution >= 0.6 is 11.6 Å². The van der Waals surface area contributed by atoms with Crippen molar-refractivity contribution in [2.45, 2.75) is 32.1 Å². The maximum atomic E-state index is 6.14. The fourth-order valence-corrected chi connectivity index (χ4v) is 1.09. The maximum absolute atomic E-state index is 6.14. The third-order valence-electron chi connectivity index (χ3n) is 1.95. The molecule has 0 spiro atoms. The highest BCUT2D eigenvalue weighted by Crippen LogP contribution is 2.32. The Bertz CT molecular complexity index is 197. The fraction of sp³-hybridized carbons (Fsp3) is 0.556. The monoisotopic (exact) mass is 155 g/mol. The molecule has 0 nitrogen and oxygen atoms in total. The molecule has 10 heavy (non-hydrogen) atoms. The van der Waals surface area contributed by atoms with Crippen LogP contribution in [0.15, 0.2) is 17.2 Å². The van der Waals surface area contributed by atoms with Crippen molar-refractivity contribution >= 4 is 11.6 Å². The van der Waals surface area contributed by atoms with Crippen LogP contribution in [0.1, 0.15) is 27.2 Å². The number of hydrogen-bond acceptors (Lipinski definition) is 0. The maximum Gasteiger partial charge on any atom is 0.0667 e. The van der Waals surface area contributed by atoms with Crippen molar-refractivity contribution in [3.8, 4) is 0 Å². The number of rotatable bonds is 0. The van der Waals surface area contributed by atoms with Gasteiger partial charge in [-0.15, -0.1) is 11.6 Å². The van der Waals surface area contributed by atoms with Gasteiger partial charge < -0.3 is 0 Å².